The van der Waals surface area contributed by atoms with E-state index in [0.29, 0.717) is 6.54 Å². The van der Waals surface area contributed by atoms with Gasteiger partial charge in [0, 0.05) is 0 Å². The summed E-state index contributed by atoms with van der Waals surface area (Å²) in [6.07, 6.45) is 1.30. The first kappa shape index (κ1) is 5.17. The van der Waals surface area contributed by atoms with E-state index in [1.807, 2.05) is 0 Å². The van der Waals surface area contributed by atoms with Crippen molar-refractivity contribution in [2.75, 3.05) is 6.61 Å². The number of hydrogen-bond acceptors (Lipinski definition) is 3. The fraction of sp³-hybridized carbons (Fsp3) is 0.667. The highest BCUT2D eigenvalue weighted by molar-refractivity contribution is 4.36. The van der Waals surface area contributed by atoms with Crippen molar-refractivity contribution in [3.05, 3.63) is 6.33 Å². The number of aromatic nitrogens is 4. The third-order valence-electron chi connectivity index (χ3n) is 0.683. The molecule has 0 aliphatic rings. The van der Waals surface area contributed by atoms with E-state index in [0.717, 1.165) is 0 Å². The average molecular weight is 113 g/mol. The third kappa shape index (κ3) is 1.00. The molecule has 0 aromatic carbocycles. The van der Waals surface area contributed by atoms with Crippen LogP contribution in [-0.2, 0) is 11.7 Å². The van der Waals surface area contributed by atoms with E-state index >= 15 is 0 Å². The summed E-state index contributed by atoms with van der Waals surface area (Å²) in [5.74, 6) is 0. The Labute approximate surface area is 45.9 Å². The van der Waals surface area contributed by atoms with Crippen LogP contribution >= 0.6 is 0 Å². The molecular weight excluding hydrogens is 108 g/mol. The van der Waals surface area contributed by atoms with Crippen LogP contribution in [0.5, 0.6) is 0 Å². The molecule has 0 saturated carbocycles. The Morgan fingerprint density at radius 2 is 2.50 bits per heavy atom. The predicted molar refractivity (Wildman–Crippen MR) is 23.4 cm³/mol. The molecule has 0 saturated heterocycles. The Kier molecular flexibility index (Phi) is 1.53. The average Bonchev–Trinajstić information content (AvgIpc) is 2.19. The van der Waals surface area contributed by atoms with Crippen LogP contribution in [0.1, 0.15) is 0 Å². The number of nitrogens with zero attached hydrogens (tertiary/aromatic N) is 4. The molecule has 0 aliphatic carbocycles. The fourth-order valence-corrected chi connectivity index (χ4v) is 0.373. The van der Waals surface area contributed by atoms with E-state index in [2.05, 4.69) is 15.4 Å². The normalized spacial score (nSPS) is 9.62. The molecule has 0 N–H and O–H groups in total. The lowest BCUT2D eigenvalue weighted by Crippen LogP contribution is -2.04. The van der Waals surface area contributed by atoms with Crippen LogP contribution in [0.3, 0.4) is 0 Å². The molecule has 1 heterocycles. The molecule has 0 amide bonds. The summed E-state index contributed by atoms with van der Waals surface area (Å²) in [7, 11) is 0. The zero-order valence-electron chi connectivity index (χ0n) is 4.19. The molecule has 1 aromatic rings. The molecule has 5 nitrogen and oxygen atoms in total. The summed E-state index contributed by atoms with van der Waals surface area (Å²) in [6.45, 7) is 0.107. The topological polar surface area (TPSA) is 63.5 Å². The Bertz CT molecular complexity index is 137. The maximum absolute atomic E-state index is 9.87. The van der Waals surface area contributed by atoms with Gasteiger partial charge in [0.1, 0.15) is 6.61 Å². The Morgan fingerprint density at radius 1 is 1.62 bits per heavy atom. The second-order valence-electron chi connectivity index (χ2n) is 1.24. The fourth-order valence-electron chi connectivity index (χ4n) is 0.373. The van der Waals surface area contributed by atoms with Gasteiger partial charge in [-0.2, -0.15) is 4.80 Å². The molecular formula is C3H5N4O. The van der Waals surface area contributed by atoms with Crippen LogP contribution in [0.15, 0.2) is 6.33 Å². The molecule has 1 aromatic heterocycles. The second-order valence-corrected chi connectivity index (χ2v) is 1.24. The van der Waals surface area contributed by atoms with Crippen LogP contribution < -0.4 is 0 Å². The second kappa shape index (κ2) is 2.37. The lowest BCUT2D eigenvalue weighted by molar-refractivity contribution is 0.171. The molecule has 0 atom stereocenters. The van der Waals surface area contributed by atoms with Gasteiger partial charge < -0.3 is 0 Å². The lowest BCUT2D eigenvalue weighted by Gasteiger charge is -1.86. The van der Waals surface area contributed by atoms with E-state index in [1.165, 1.54) is 11.1 Å². The standard InChI is InChI=1S/C3H5N4O/c8-2-1-7-5-3-4-6-7/h3H,1-2H2. The van der Waals surface area contributed by atoms with Crippen molar-refractivity contribution in [2.45, 2.75) is 6.54 Å². The Hall–Kier alpha value is -0.970. The highest BCUT2D eigenvalue weighted by atomic mass is 16.3. The van der Waals surface area contributed by atoms with Crippen molar-refractivity contribution < 1.29 is 5.11 Å². The van der Waals surface area contributed by atoms with Crippen molar-refractivity contribution in [3.63, 3.8) is 0 Å². The van der Waals surface area contributed by atoms with Crippen molar-refractivity contribution in [1.82, 2.24) is 20.2 Å². The quantitative estimate of drug-likeness (QED) is 0.499. The molecule has 0 aliphatic heterocycles. The largest absolute Gasteiger partial charge is 0.235 e. The molecule has 5 heteroatoms. The van der Waals surface area contributed by atoms with Gasteiger partial charge >= 0.3 is 0 Å². The molecule has 43 valence electrons. The van der Waals surface area contributed by atoms with Gasteiger partial charge in [-0.3, -0.25) is 0 Å². The molecule has 0 bridgehead atoms. The monoisotopic (exact) mass is 113 g/mol. The maximum atomic E-state index is 9.87. The molecule has 1 radical (unpaired) electrons. The van der Waals surface area contributed by atoms with Gasteiger partial charge in [-0.1, -0.05) is 0 Å². The van der Waals surface area contributed by atoms with E-state index in [4.69, 9.17) is 0 Å². The SMILES string of the molecule is [O]CCn1ncnn1. The predicted octanol–water partition coefficient (Wildman–Crippen LogP) is -0.896. The number of hydrogen-bond donors (Lipinski definition) is 0. The summed E-state index contributed by atoms with van der Waals surface area (Å²) >= 11 is 0. The van der Waals surface area contributed by atoms with Gasteiger partial charge in [0.05, 0.1) is 6.54 Å². The van der Waals surface area contributed by atoms with Gasteiger partial charge in [0.25, 0.3) is 0 Å². The van der Waals surface area contributed by atoms with Crippen molar-refractivity contribution in [1.29, 1.82) is 0 Å². The maximum Gasteiger partial charge on any atom is 0.162 e. The first-order valence-electron chi connectivity index (χ1n) is 2.22. The third-order valence-corrected chi connectivity index (χ3v) is 0.683. The minimum atomic E-state index is -0.198. The molecule has 0 fully saturated rings. The van der Waals surface area contributed by atoms with Gasteiger partial charge in [-0.05, 0) is 5.21 Å². The van der Waals surface area contributed by atoms with Gasteiger partial charge in [0.2, 0.25) is 0 Å². The molecule has 1 rings (SSSR count). The van der Waals surface area contributed by atoms with Crippen LogP contribution in [0.4, 0.5) is 0 Å². The van der Waals surface area contributed by atoms with Gasteiger partial charge in [-0.25, -0.2) is 5.11 Å². The van der Waals surface area contributed by atoms with E-state index in [1.54, 1.807) is 0 Å². The van der Waals surface area contributed by atoms with Crippen LogP contribution in [0.25, 0.3) is 0 Å². The first-order valence-corrected chi connectivity index (χ1v) is 2.22. The Morgan fingerprint density at radius 3 is 3.00 bits per heavy atom. The van der Waals surface area contributed by atoms with Gasteiger partial charge in [0.15, 0.2) is 6.33 Å². The van der Waals surface area contributed by atoms with Crippen molar-refractivity contribution >= 4 is 0 Å². The van der Waals surface area contributed by atoms with E-state index in [-0.39, 0.29) is 6.61 Å². The lowest BCUT2D eigenvalue weighted by atomic mass is 10.7. The van der Waals surface area contributed by atoms with Crippen molar-refractivity contribution in [2.24, 2.45) is 0 Å². The molecule has 8 heavy (non-hydrogen) atoms. The van der Waals surface area contributed by atoms with Crippen molar-refractivity contribution in [3.8, 4) is 0 Å². The highest BCUT2D eigenvalue weighted by Crippen LogP contribution is 1.70. The van der Waals surface area contributed by atoms with E-state index in [9.17, 15) is 5.11 Å². The van der Waals surface area contributed by atoms with Crippen LogP contribution in [0.2, 0.25) is 0 Å². The highest BCUT2D eigenvalue weighted by Gasteiger charge is 1.87. The summed E-state index contributed by atoms with van der Waals surface area (Å²) in [5, 5.41) is 20.3. The molecule has 0 unspecified atom stereocenters. The zero-order chi connectivity index (χ0) is 5.82. The zero-order valence-corrected chi connectivity index (χ0v) is 4.19. The van der Waals surface area contributed by atoms with Crippen LogP contribution in [-0.4, -0.2) is 26.8 Å². The summed E-state index contributed by atoms with van der Waals surface area (Å²) in [6, 6.07) is 0. The smallest absolute Gasteiger partial charge is 0.162 e. The number of tetrazole rings is 1. The number of rotatable bonds is 2. The first-order chi connectivity index (χ1) is 3.93. The minimum Gasteiger partial charge on any atom is -0.235 e. The summed E-state index contributed by atoms with van der Waals surface area (Å²) in [4.78, 5) is 1.26. The Balaban J connectivity index is 2.50. The van der Waals surface area contributed by atoms with Gasteiger partial charge in [-0.15, -0.1) is 10.2 Å². The summed E-state index contributed by atoms with van der Waals surface area (Å²) < 4.78 is 0. The summed E-state index contributed by atoms with van der Waals surface area (Å²) in [5.41, 5.74) is 0. The minimum absolute atomic E-state index is 0.198. The van der Waals surface area contributed by atoms with Crippen LogP contribution in [0, 0.1) is 0 Å². The molecule has 0 spiro atoms. The van der Waals surface area contributed by atoms with E-state index < -0.39 is 0 Å².